The zero-order valence-electron chi connectivity index (χ0n) is 19.1. The van der Waals surface area contributed by atoms with Gasteiger partial charge in [0.15, 0.2) is 0 Å². The summed E-state index contributed by atoms with van der Waals surface area (Å²) < 4.78 is 5.92. The summed E-state index contributed by atoms with van der Waals surface area (Å²) in [6, 6.07) is 18.2. The Hall–Kier alpha value is -2.62. The number of amides is 1. The second-order valence-electron chi connectivity index (χ2n) is 8.39. The van der Waals surface area contributed by atoms with Crippen molar-refractivity contribution in [2.45, 2.75) is 77.7 Å². The first-order valence-corrected chi connectivity index (χ1v) is 11.8. The topological polar surface area (TPSA) is 41.9 Å². The Bertz CT molecular complexity index is 830. The Morgan fingerprint density at radius 3 is 2.23 bits per heavy atom. The molecule has 1 atom stereocenters. The molecule has 4 heteroatoms. The minimum atomic E-state index is -0.0607. The van der Waals surface area contributed by atoms with Crippen LogP contribution in [0.25, 0.3) is 0 Å². The van der Waals surface area contributed by atoms with Gasteiger partial charge in [-0.1, -0.05) is 94.3 Å². The standard InChI is InChI=1S/C27H36N2O2/c1-3-4-5-6-7-8-9-13-20-31-25-18-16-24(17-19-25)27-21-26(28-29(27)22(2)30)23-14-11-10-12-15-23/h10-12,14-19,27H,3-9,13,20-21H2,1-2H3. The van der Waals surface area contributed by atoms with Gasteiger partial charge >= 0.3 is 0 Å². The minimum absolute atomic E-state index is 0.0362. The molecule has 0 N–H and O–H groups in total. The molecule has 4 nitrogen and oxygen atoms in total. The molecule has 0 bridgehead atoms. The fraction of sp³-hybridized carbons (Fsp3) is 0.481. The Balaban J connectivity index is 1.46. The zero-order valence-corrected chi connectivity index (χ0v) is 19.1. The average molecular weight is 421 g/mol. The van der Waals surface area contributed by atoms with Crippen LogP contribution in [0.2, 0.25) is 0 Å². The third kappa shape index (κ3) is 6.95. The van der Waals surface area contributed by atoms with Gasteiger partial charge < -0.3 is 4.74 Å². The van der Waals surface area contributed by atoms with E-state index in [2.05, 4.69) is 24.2 Å². The van der Waals surface area contributed by atoms with Crippen LogP contribution >= 0.6 is 0 Å². The number of hydrazone groups is 1. The van der Waals surface area contributed by atoms with Crippen molar-refractivity contribution in [1.29, 1.82) is 0 Å². The summed E-state index contributed by atoms with van der Waals surface area (Å²) in [4.78, 5) is 12.2. The highest BCUT2D eigenvalue weighted by molar-refractivity contribution is 6.03. The van der Waals surface area contributed by atoms with E-state index in [1.54, 1.807) is 11.9 Å². The van der Waals surface area contributed by atoms with E-state index < -0.39 is 0 Å². The molecular weight excluding hydrogens is 384 g/mol. The Morgan fingerprint density at radius 1 is 0.935 bits per heavy atom. The largest absolute Gasteiger partial charge is 0.494 e. The van der Waals surface area contributed by atoms with Gasteiger partial charge in [0.2, 0.25) is 5.91 Å². The van der Waals surface area contributed by atoms with Crippen molar-refractivity contribution in [2.75, 3.05) is 6.61 Å². The van der Waals surface area contributed by atoms with Crippen LogP contribution in [0.15, 0.2) is 59.7 Å². The summed E-state index contributed by atoms with van der Waals surface area (Å²) >= 11 is 0. The average Bonchev–Trinajstić information content (AvgIpc) is 3.25. The van der Waals surface area contributed by atoms with Crippen molar-refractivity contribution >= 4 is 11.6 Å². The van der Waals surface area contributed by atoms with Crippen LogP contribution in [0.1, 0.15) is 88.8 Å². The summed E-state index contributed by atoms with van der Waals surface area (Å²) in [5.74, 6) is 0.856. The molecule has 0 spiro atoms. The fourth-order valence-corrected chi connectivity index (χ4v) is 4.08. The molecule has 166 valence electrons. The second kappa shape index (κ2) is 12.3. The molecule has 0 aliphatic carbocycles. The normalized spacial score (nSPS) is 15.7. The molecule has 0 radical (unpaired) electrons. The molecule has 3 rings (SSSR count). The molecule has 1 aliphatic heterocycles. The van der Waals surface area contributed by atoms with Gasteiger partial charge in [-0.25, -0.2) is 5.01 Å². The molecule has 1 unspecified atom stereocenters. The van der Waals surface area contributed by atoms with Crippen molar-refractivity contribution in [3.05, 3.63) is 65.7 Å². The molecule has 2 aromatic rings. The fourth-order valence-electron chi connectivity index (χ4n) is 4.08. The lowest BCUT2D eigenvalue weighted by Gasteiger charge is -2.20. The van der Waals surface area contributed by atoms with Gasteiger partial charge in [0.05, 0.1) is 18.4 Å². The van der Waals surface area contributed by atoms with Crippen molar-refractivity contribution in [1.82, 2.24) is 5.01 Å². The number of benzene rings is 2. The maximum absolute atomic E-state index is 12.2. The first-order valence-electron chi connectivity index (χ1n) is 11.8. The predicted molar refractivity (Wildman–Crippen MR) is 127 cm³/mol. The monoisotopic (exact) mass is 420 g/mol. The number of hydrogen-bond donors (Lipinski definition) is 0. The molecule has 31 heavy (non-hydrogen) atoms. The first kappa shape index (κ1) is 23.1. The summed E-state index contributed by atoms with van der Waals surface area (Å²) in [7, 11) is 0. The van der Waals surface area contributed by atoms with E-state index >= 15 is 0 Å². The number of carbonyl (C=O) groups excluding carboxylic acids is 1. The Kier molecular flexibility index (Phi) is 9.14. The SMILES string of the molecule is CCCCCCCCCCOc1ccc(C2CC(c3ccccc3)=NN2C(C)=O)cc1. The van der Waals surface area contributed by atoms with Gasteiger partial charge in [0.25, 0.3) is 0 Å². The smallest absolute Gasteiger partial charge is 0.240 e. The molecular formula is C27H36N2O2. The summed E-state index contributed by atoms with van der Waals surface area (Å²) in [5.41, 5.74) is 3.11. The van der Waals surface area contributed by atoms with Crippen molar-refractivity contribution in [2.24, 2.45) is 5.10 Å². The lowest BCUT2D eigenvalue weighted by atomic mass is 9.98. The van der Waals surface area contributed by atoms with Gasteiger partial charge in [-0.15, -0.1) is 0 Å². The van der Waals surface area contributed by atoms with E-state index in [0.29, 0.717) is 0 Å². The van der Waals surface area contributed by atoms with Crippen LogP contribution in [-0.2, 0) is 4.79 Å². The molecule has 1 amide bonds. The third-order valence-corrected chi connectivity index (χ3v) is 5.87. The lowest BCUT2D eigenvalue weighted by Crippen LogP contribution is -2.24. The van der Waals surface area contributed by atoms with Gasteiger partial charge in [0.1, 0.15) is 5.75 Å². The maximum Gasteiger partial charge on any atom is 0.240 e. The Labute approximate surface area is 187 Å². The number of hydrogen-bond acceptors (Lipinski definition) is 3. The molecule has 0 aromatic heterocycles. The number of nitrogens with zero attached hydrogens (tertiary/aromatic N) is 2. The van der Waals surface area contributed by atoms with E-state index in [-0.39, 0.29) is 11.9 Å². The summed E-state index contributed by atoms with van der Waals surface area (Å²) in [5, 5.41) is 6.22. The molecule has 1 aliphatic rings. The third-order valence-electron chi connectivity index (χ3n) is 5.87. The molecule has 1 heterocycles. The minimum Gasteiger partial charge on any atom is -0.494 e. The van der Waals surface area contributed by atoms with Crippen LogP contribution in [0, 0.1) is 0 Å². The number of rotatable bonds is 12. The molecule has 2 aromatic carbocycles. The number of ether oxygens (including phenoxy) is 1. The molecule has 0 saturated heterocycles. The van der Waals surface area contributed by atoms with Gasteiger partial charge in [0, 0.05) is 13.3 Å². The van der Waals surface area contributed by atoms with E-state index in [0.717, 1.165) is 42.0 Å². The number of unbranched alkanes of at least 4 members (excludes halogenated alkanes) is 7. The summed E-state index contributed by atoms with van der Waals surface area (Å²) in [6.45, 7) is 4.59. The van der Waals surface area contributed by atoms with Gasteiger partial charge in [-0.3, -0.25) is 4.79 Å². The predicted octanol–water partition coefficient (Wildman–Crippen LogP) is 6.90. The van der Waals surface area contributed by atoms with Crippen LogP contribution in [-0.4, -0.2) is 23.2 Å². The Morgan fingerprint density at radius 2 is 1.58 bits per heavy atom. The van der Waals surface area contributed by atoms with Gasteiger partial charge in [-0.2, -0.15) is 5.10 Å². The van der Waals surface area contributed by atoms with E-state index in [1.807, 2.05) is 42.5 Å². The van der Waals surface area contributed by atoms with Crippen molar-refractivity contribution in [3.63, 3.8) is 0 Å². The molecule has 0 saturated carbocycles. The van der Waals surface area contributed by atoms with Crippen molar-refractivity contribution in [3.8, 4) is 5.75 Å². The first-order chi connectivity index (χ1) is 15.2. The van der Waals surface area contributed by atoms with Crippen LogP contribution in [0.3, 0.4) is 0 Å². The highest BCUT2D eigenvalue weighted by Crippen LogP contribution is 2.33. The van der Waals surface area contributed by atoms with Gasteiger partial charge in [-0.05, 0) is 29.7 Å². The van der Waals surface area contributed by atoms with Crippen LogP contribution < -0.4 is 4.74 Å². The number of carbonyl (C=O) groups is 1. The lowest BCUT2D eigenvalue weighted by molar-refractivity contribution is -0.130. The van der Waals surface area contributed by atoms with E-state index in [1.165, 1.54) is 44.9 Å². The van der Waals surface area contributed by atoms with E-state index in [4.69, 9.17) is 4.74 Å². The summed E-state index contributed by atoms with van der Waals surface area (Å²) in [6.07, 6.45) is 11.1. The van der Waals surface area contributed by atoms with Crippen LogP contribution in [0.5, 0.6) is 5.75 Å². The van der Waals surface area contributed by atoms with E-state index in [9.17, 15) is 4.79 Å². The quantitative estimate of drug-likeness (QED) is 0.350. The molecule has 0 fully saturated rings. The van der Waals surface area contributed by atoms with Crippen LogP contribution in [0.4, 0.5) is 0 Å². The maximum atomic E-state index is 12.2. The van der Waals surface area contributed by atoms with Crippen molar-refractivity contribution < 1.29 is 9.53 Å². The highest BCUT2D eigenvalue weighted by Gasteiger charge is 2.31. The second-order valence-corrected chi connectivity index (χ2v) is 8.39. The zero-order chi connectivity index (χ0) is 21.9. The highest BCUT2D eigenvalue weighted by atomic mass is 16.5.